The first-order valence-electron chi connectivity index (χ1n) is 8.55. The molecule has 0 bridgehead atoms. The van der Waals surface area contributed by atoms with Crippen LogP contribution in [-0.4, -0.2) is 39.2 Å². The number of hydrogen-bond donors (Lipinski definition) is 2. The van der Waals surface area contributed by atoms with Crippen molar-refractivity contribution in [3.63, 3.8) is 0 Å². The highest BCUT2D eigenvalue weighted by Gasteiger charge is 2.09. The van der Waals surface area contributed by atoms with Gasteiger partial charge in [0.15, 0.2) is 0 Å². The zero-order valence-electron chi connectivity index (χ0n) is 15.4. The molecule has 0 heterocycles. The fraction of sp³-hybridized carbons (Fsp3) is 0.300. The third-order valence-electron chi connectivity index (χ3n) is 3.92. The average molecular weight is 391 g/mol. The van der Waals surface area contributed by atoms with Crippen LogP contribution in [0.15, 0.2) is 42.5 Å². The Balaban J connectivity index is 1.75. The number of anilines is 1. The van der Waals surface area contributed by atoms with Gasteiger partial charge in [-0.3, -0.25) is 4.79 Å². The molecular formula is C20H23ClN2O4. The fourth-order valence-electron chi connectivity index (χ4n) is 2.48. The maximum Gasteiger partial charge on any atom is 0.337 e. The lowest BCUT2D eigenvalue weighted by molar-refractivity contribution is -0.120. The SMILES string of the molecule is COC(=O)c1ccc(Cl)c(NCCC(=O)NCCc2cccc(OC)c2)c1. The van der Waals surface area contributed by atoms with Gasteiger partial charge in [-0.2, -0.15) is 0 Å². The molecule has 0 saturated heterocycles. The van der Waals surface area contributed by atoms with Gasteiger partial charge >= 0.3 is 5.97 Å². The molecule has 0 aromatic heterocycles. The lowest BCUT2D eigenvalue weighted by atomic mass is 10.1. The first kappa shape index (κ1) is 20.6. The van der Waals surface area contributed by atoms with Gasteiger partial charge in [-0.1, -0.05) is 23.7 Å². The number of benzene rings is 2. The highest BCUT2D eigenvalue weighted by molar-refractivity contribution is 6.33. The Kier molecular flexibility index (Phi) is 7.95. The summed E-state index contributed by atoms with van der Waals surface area (Å²) in [7, 11) is 2.95. The first-order valence-corrected chi connectivity index (χ1v) is 8.92. The number of carbonyl (C=O) groups is 2. The lowest BCUT2D eigenvalue weighted by Gasteiger charge is -2.10. The van der Waals surface area contributed by atoms with Crippen LogP contribution in [0.1, 0.15) is 22.3 Å². The highest BCUT2D eigenvalue weighted by Crippen LogP contribution is 2.23. The molecule has 0 fully saturated rings. The molecular weight excluding hydrogens is 368 g/mol. The Morgan fingerprint density at radius 2 is 1.89 bits per heavy atom. The minimum Gasteiger partial charge on any atom is -0.497 e. The van der Waals surface area contributed by atoms with Gasteiger partial charge in [-0.05, 0) is 42.3 Å². The van der Waals surface area contributed by atoms with Crippen LogP contribution in [0.4, 0.5) is 5.69 Å². The van der Waals surface area contributed by atoms with E-state index in [1.54, 1.807) is 25.3 Å². The molecule has 0 unspecified atom stereocenters. The number of halogens is 1. The number of esters is 1. The van der Waals surface area contributed by atoms with E-state index in [-0.39, 0.29) is 12.3 Å². The summed E-state index contributed by atoms with van der Waals surface area (Å²) in [6.45, 7) is 0.944. The third kappa shape index (κ3) is 6.49. The second-order valence-corrected chi connectivity index (χ2v) is 6.22. The molecule has 1 amide bonds. The van der Waals surface area contributed by atoms with Crippen LogP contribution in [0, 0.1) is 0 Å². The molecule has 0 saturated carbocycles. The van der Waals surface area contributed by atoms with Gasteiger partial charge < -0.3 is 20.1 Å². The number of ether oxygens (including phenoxy) is 2. The van der Waals surface area contributed by atoms with Crippen LogP contribution in [0.2, 0.25) is 5.02 Å². The van der Waals surface area contributed by atoms with Gasteiger partial charge in [0.1, 0.15) is 5.75 Å². The average Bonchev–Trinajstić information content (AvgIpc) is 2.69. The van der Waals surface area contributed by atoms with Crippen molar-refractivity contribution in [2.75, 3.05) is 32.6 Å². The lowest BCUT2D eigenvalue weighted by Crippen LogP contribution is -2.27. The van der Waals surface area contributed by atoms with E-state index in [9.17, 15) is 9.59 Å². The van der Waals surface area contributed by atoms with Crippen molar-refractivity contribution >= 4 is 29.2 Å². The summed E-state index contributed by atoms with van der Waals surface area (Å²) in [5.74, 6) is 0.296. The standard InChI is InChI=1S/C20H23ClN2O4/c1-26-16-5-3-4-14(12-16)8-10-23-19(24)9-11-22-18-13-15(20(25)27-2)6-7-17(18)21/h3-7,12-13,22H,8-11H2,1-2H3,(H,23,24). The number of hydrogen-bond acceptors (Lipinski definition) is 5. The molecule has 2 aromatic rings. The van der Waals surface area contributed by atoms with E-state index in [1.165, 1.54) is 7.11 Å². The molecule has 0 aliphatic carbocycles. The van der Waals surface area contributed by atoms with Crippen molar-refractivity contribution in [1.29, 1.82) is 0 Å². The maximum absolute atomic E-state index is 12.0. The van der Waals surface area contributed by atoms with E-state index < -0.39 is 5.97 Å². The number of nitrogens with one attached hydrogen (secondary N) is 2. The molecule has 2 N–H and O–H groups in total. The Morgan fingerprint density at radius 1 is 1.07 bits per heavy atom. The highest BCUT2D eigenvalue weighted by atomic mass is 35.5. The molecule has 2 rings (SSSR count). The summed E-state index contributed by atoms with van der Waals surface area (Å²) in [4.78, 5) is 23.5. The van der Waals surface area contributed by atoms with E-state index in [0.29, 0.717) is 29.4 Å². The van der Waals surface area contributed by atoms with E-state index in [2.05, 4.69) is 15.4 Å². The van der Waals surface area contributed by atoms with Gasteiger partial charge in [0, 0.05) is 19.5 Å². The number of methoxy groups -OCH3 is 2. The summed E-state index contributed by atoms with van der Waals surface area (Å²) in [6, 6.07) is 12.6. The Hall–Kier alpha value is -2.73. The molecule has 0 atom stereocenters. The van der Waals surface area contributed by atoms with Gasteiger partial charge in [0.2, 0.25) is 5.91 Å². The second-order valence-electron chi connectivity index (χ2n) is 5.81. The van der Waals surface area contributed by atoms with Crippen LogP contribution < -0.4 is 15.4 Å². The van der Waals surface area contributed by atoms with E-state index >= 15 is 0 Å². The minimum atomic E-state index is -0.440. The topological polar surface area (TPSA) is 76.7 Å². The minimum absolute atomic E-state index is 0.0642. The predicted molar refractivity (Wildman–Crippen MR) is 106 cm³/mol. The molecule has 0 aliphatic heterocycles. The van der Waals surface area contributed by atoms with Crippen molar-refractivity contribution < 1.29 is 19.1 Å². The zero-order chi connectivity index (χ0) is 19.6. The number of carbonyl (C=O) groups excluding carboxylic acids is 2. The molecule has 0 spiro atoms. The Bertz CT molecular complexity index is 795. The van der Waals surface area contributed by atoms with Crippen molar-refractivity contribution in [1.82, 2.24) is 5.32 Å². The maximum atomic E-state index is 12.0. The van der Waals surface area contributed by atoms with Gasteiger partial charge in [-0.25, -0.2) is 4.79 Å². The molecule has 2 aromatic carbocycles. The largest absolute Gasteiger partial charge is 0.497 e. The smallest absolute Gasteiger partial charge is 0.337 e. The first-order chi connectivity index (χ1) is 13.0. The predicted octanol–water partition coefficient (Wildman–Crippen LogP) is 3.30. The van der Waals surface area contributed by atoms with Crippen LogP contribution in [0.25, 0.3) is 0 Å². The molecule has 27 heavy (non-hydrogen) atoms. The monoisotopic (exact) mass is 390 g/mol. The summed E-state index contributed by atoms with van der Waals surface area (Å²) >= 11 is 6.11. The summed E-state index contributed by atoms with van der Waals surface area (Å²) in [6.07, 6.45) is 1.01. The van der Waals surface area contributed by atoms with Crippen molar-refractivity contribution in [2.45, 2.75) is 12.8 Å². The molecule has 0 aliphatic rings. The fourth-order valence-corrected chi connectivity index (χ4v) is 2.66. The molecule has 6 nitrogen and oxygen atoms in total. The van der Waals surface area contributed by atoms with Crippen LogP contribution in [0.5, 0.6) is 5.75 Å². The normalized spacial score (nSPS) is 10.2. The van der Waals surface area contributed by atoms with Crippen LogP contribution in [0.3, 0.4) is 0 Å². The molecule has 144 valence electrons. The van der Waals surface area contributed by atoms with E-state index in [4.69, 9.17) is 16.3 Å². The van der Waals surface area contributed by atoms with Crippen LogP contribution in [-0.2, 0) is 16.0 Å². The number of rotatable bonds is 9. The Morgan fingerprint density at radius 3 is 2.63 bits per heavy atom. The summed E-state index contributed by atoms with van der Waals surface area (Å²) in [5.41, 5.74) is 2.08. The van der Waals surface area contributed by atoms with Gasteiger partial charge in [0.05, 0.1) is 30.5 Å². The summed E-state index contributed by atoms with van der Waals surface area (Å²) in [5, 5.41) is 6.42. The summed E-state index contributed by atoms with van der Waals surface area (Å²) < 4.78 is 9.87. The second kappa shape index (κ2) is 10.4. The third-order valence-corrected chi connectivity index (χ3v) is 4.25. The molecule has 7 heteroatoms. The van der Waals surface area contributed by atoms with Crippen molar-refractivity contribution in [3.05, 3.63) is 58.6 Å². The molecule has 0 radical (unpaired) electrons. The zero-order valence-corrected chi connectivity index (χ0v) is 16.1. The van der Waals surface area contributed by atoms with Crippen molar-refractivity contribution in [3.8, 4) is 5.75 Å². The van der Waals surface area contributed by atoms with E-state index in [1.807, 2.05) is 24.3 Å². The van der Waals surface area contributed by atoms with Crippen molar-refractivity contribution in [2.24, 2.45) is 0 Å². The quantitative estimate of drug-likeness (QED) is 0.642. The van der Waals surface area contributed by atoms with Gasteiger partial charge in [0.25, 0.3) is 0 Å². The number of amides is 1. The Labute approximate surface area is 163 Å². The van der Waals surface area contributed by atoms with Gasteiger partial charge in [-0.15, -0.1) is 0 Å². The van der Waals surface area contributed by atoms with Crippen LogP contribution >= 0.6 is 11.6 Å². The van der Waals surface area contributed by atoms with E-state index in [0.717, 1.165) is 17.7 Å².